The Bertz CT molecular complexity index is 433. The monoisotopic (exact) mass is 346 g/mol. The largest absolute Gasteiger partial charge is 0.348 e. The molecule has 2 atom stereocenters. The normalized spacial score (nSPS) is 22.5. The molecule has 2 rings (SSSR count). The lowest BCUT2D eigenvalue weighted by Crippen LogP contribution is -2.51. The molecule has 0 bridgehead atoms. The number of rotatable bonds is 2. The van der Waals surface area contributed by atoms with E-state index in [0.717, 1.165) is 35.0 Å². The van der Waals surface area contributed by atoms with Crippen LogP contribution in [0, 0.1) is 6.92 Å². The van der Waals surface area contributed by atoms with E-state index in [4.69, 9.17) is 0 Å². The summed E-state index contributed by atoms with van der Waals surface area (Å²) in [5, 5.41) is 6.50. The van der Waals surface area contributed by atoms with Crippen LogP contribution in [0.1, 0.15) is 35.7 Å². The van der Waals surface area contributed by atoms with Gasteiger partial charge in [0.2, 0.25) is 0 Å². The highest BCUT2D eigenvalue weighted by Crippen LogP contribution is 2.16. The van der Waals surface area contributed by atoms with Gasteiger partial charge < -0.3 is 10.6 Å². The topological polar surface area (TPSA) is 41.1 Å². The van der Waals surface area contributed by atoms with Gasteiger partial charge in [0.05, 0.1) is 0 Å². The van der Waals surface area contributed by atoms with Crippen molar-refractivity contribution in [1.29, 1.82) is 0 Å². The fourth-order valence-electron chi connectivity index (χ4n) is 2.36. The number of nitrogens with one attached hydrogen (secondary N) is 2. The van der Waals surface area contributed by atoms with Crippen LogP contribution in [0.15, 0.2) is 22.7 Å². The highest BCUT2D eigenvalue weighted by molar-refractivity contribution is 9.10. The average Bonchev–Trinajstić information content (AvgIpc) is 2.31. The number of benzene rings is 1. The number of amides is 1. The van der Waals surface area contributed by atoms with Crippen LogP contribution in [-0.4, -0.2) is 24.5 Å². The zero-order valence-corrected chi connectivity index (χ0v) is 13.6. The van der Waals surface area contributed by atoms with Gasteiger partial charge in [-0.1, -0.05) is 15.9 Å². The molecular formula is C14H20BrClN2O. The third-order valence-corrected chi connectivity index (χ3v) is 3.84. The Morgan fingerprint density at radius 3 is 2.79 bits per heavy atom. The van der Waals surface area contributed by atoms with Gasteiger partial charge in [-0.15, -0.1) is 12.4 Å². The Hall–Kier alpha value is -0.580. The summed E-state index contributed by atoms with van der Waals surface area (Å²) in [6.45, 7) is 5.16. The van der Waals surface area contributed by atoms with E-state index in [1.807, 2.05) is 25.1 Å². The molecule has 1 aliphatic heterocycles. The molecule has 1 saturated heterocycles. The lowest BCUT2D eigenvalue weighted by molar-refractivity contribution is 0.0919. The molecular weight excluding hydrogens is 328 g/mol. The first-order valence-corrected chi connectivity index (χ1v) is 7.17. The van der Waals surface area contributed by atoms with Crippen molar-refractivity contribution in [1.82, 2.24) is 10.6 Å². The Morgan fingerprint density at radius 1 is 1.42 bits per heavy atom. The zero-order valence-electron chi connectivity index (χ0n) is 11.2. The number of carbonyl (C=O) groups is 1. The highest BCUT2D eigenvalue weighted by atomic mass is 79.9. The molecule has 1 aromatic carbocycles. The summed E-state index contributed by atoms with van der Waals surface area (Å²) in [6.07, 6.45) is 2.17. The third-order valence-electron chi connectivity index (χ3n) is 3.38. The first-order valence-electron chi connectivity index (χ1n) is 6.37. The molecule has 1 aromatic rings. The molecule has 2 unspecified atom stereocenters. The van der Waals surface area contributed by atoms with Crippen LogP contribution in [0.5, 0.6) is 0 Å². The van der Waals surface area contributed by atoms with Gasteiger partial charge in [-0.2, -0.15) is 0 Å². The van der Waals surface area contributed by atoms with Crippen LogP contribution in [0.25, 0.3) is 0 Å². The van der Waals surface area contributed by atoms with Gasteiger partial charge in [0, 0.05) is 22.1 Å². The van der Waals surface area contributed by atoms with Crippen LogP contribution in [-0.2, 0) is 0 Å². The molecule has 1 amide bonds. The molecule has 1 heterocycles. The van der Waals surface area contributed by atoms with E-state index < -0.39 is 0 Å². The zero-order chi connectivity index (χ0) is 13.1. The van der Waals surface area contributed by atoms with E-state index in [2.05, 4.69) is 33.5 Å². The number of halogens is 2. The van der Waals surface area contributed by atoms with Crippen LogP contribution < -0.4 is 10.6 Å². The highest BCUT2D eigenvalue weighted by Gasteiger charge is 2.22. The van der Waals surface area contributed by atoms with Crippen molar-refractivity contribution in [2.24, 2.45) is 0 Å². The lowest BCUT2D eigenvalue weighted by Gasteiger charge is -2.30. The molecule has 2 N–H and O–H groups in total. The Labute approximate surface area is 129 Å². The maximum Gasteiger partial charge on any atom is 0.251 e. The summed E-state index contributed by atoms with van der Waals surface area (Å²) >= 11 is 3.43. The lowest BCUT2D eigenvalue weighted by atomic mass is 9.99. The molecule has 0 radical (unpaired) electrons. The smallest absolute Gasteiger partial charge is 0.251 e. The minimum Gasteiger partial charge on any atom is -0.348 e. The SMILES string of the molecule is Cc1cc(Br)cc(C(=O)NC2CCCNC2C)c1.Cl. The van der Waals surface area contributed by atoms with E-state index >= 15 is 0 Å². The Balaban J connectivity index is 0.00000180. The third kappa shape index (κ3) is 4.48. The van der Waals surface area contributed by atoms with Crippen molar-refractivity contribution in [2.75, 3.05) is 6.54 Å². The van der Waals surface area contributed by atoms with Gasteiger partial charge in [-0.05, 0) is 57.0 Å². The molecule has 0 spiro atoms. The van der Waals surface area contributed by atoms with E-state index in [0.29, 0.717) is 6.04 Å². The van der Waals surface area contributed by atoms with Gasteiger partial charge in [-0.25, -0.2) is 0 Å². The van der Waals surface area contributed by atoms with Crippen molar-refractivity contribution >= 4 is 34.2 Å². The second-order valence-electron chi connectivity index (χ2n) is 4.98. The van der Waals surface area contributed by atoms with Crippen molar-refractivity contribution in [3.05, 3.63) is 33.8 Å². The van der Waals surface area contributed by atoms with E-state index in [1.165, 1.54) is 0 Å². The molecule has 3 nitrogen and oxygen atoms in total. The number of hydrogen-bond acceptors (Lipinski definition) is 2. The van der Waals surface area contributed by atoms with E-state index in [9.17, 15) is 4.79 Å². The maximum absolute atomic E-state index is 12.2. The molecule has 1 aliphatic rings. The van der Waals surface area contributed by atoms with Crippen molar-refractivity contribution in [3.63, 3.8) is 0 Å². The quantitative estimate of drug-likeness (QED) is 0.863. The van der Waals surface area contributed by atoms with Crippen molar-refractivity contribution < 1.29 is 4.79 Å². The average molecular weight is 348 g/mol. The molecule has 0 aromatic heterocycles. The summed E-state index contributed by atoms with van der Waals surface area (Å²) in [5.74, 6) is 0.0138. The van der Waals surface area contributed by atoms with Gasteiger partial charge in [-0.3, -0.25) is 4.79 Å². The molecule has 106 valence electrons. The second-order valence-corrected chi connectivity index (χ2v) is 5.90. The number of piperidine rings is 1. The summed E-state index contributed by atoms with van der Waals surface area (Å²) < 4.78 is 0.947. The van der Waals surface area contributed by atoms with E-state index in [1.54, 1.807) is 0 Å². The molecule has 19 heavy (non-hydrogen) atoms. The molecule has 0 aliphatic carbocycles. The summed E-state index contributed by atoms with van der Waals surface area (Å²) in [4.78, 5) is 12.2. The summed E-state index contributed by atoms with van der Waals surface area (Å²) in [6, 6.07) is 6.35. The minimum absolute atomic E-state index is 0. The van der Waals surface area contributed by atoms with Crippen LogP contribution in [0.2, 0.25) is 0 Å². The van der Waals surface area contributed by atoms with Crippen molar-refractivity contribution in [2.45, 2.75) is 38.8 Å². The maximum atomic E-state index is 12.2. The van der Waals surface area contributed by atoms with Crippen LogP contribution >= 0.6 is 28.3 Å². The predicted octanol–water partition coefficient (Wildman–Crippen LogP) is 3.05. The van der Waals surface area contributed by atoms with Gasteiger partial charge in [0.25, 0.3) is 5.91 Å². The fraction of sp³-hybridized carbons (Fsp3) is 0.500. The second kappa shape index (κ2) is 7.27. The van der Waals surface area contributed by atoms with Gasteiger partial charge >= 0.3 is 0 Å². The standard InChI is InChI=1S/C14H19BrN2O.ClH/c1-9-6-11(8-12(15)7-9)14(18)17-13-4-3-5-16-10(13)2;/h6-8,10,13,16H,3-5H2,1-2H3,(H,17,18);1H. The number of aryl methyl sites for hydroxylation is 1. The summed E-state index contributed by atoms with van der Waals surface area (Å²) in [5.41, 5.74) is 1.81. The Morgan fingerprint density at radius 2 is 2.16 bits per heavy atom. The molecule has 0 saturated carbocycles. The van der Waals surface area contributed by atoms with Gasteiger partial charge in [0.1, 0.15) is 0 Å². The number of hydrogen-bond donors (Lipinski definition) is 2. The Kier molecular flexibility index (Phi) is 6.30. The number of carbonyl (C=O) groups excluding carboxylic acids is 1. The molecule has 1 fully saturated rings. The van der Waals surface area contributed by atoms with Crippen molar-refractivity contribution in [3.8, 4) is 0 Å². The van der Waals surface area contributed by atoms with E-state index in [-0.39, 0.29) is 24.4 Å². The predicted molar refractivity (Wildman–Crippen MR) is 84.1 cm³/mol. The van der Waals surface area contributed by atoms with Crippen LogP contribution in [0.3, 0.4) is 0 Å². The first-order chi connectivity index (χ1) is 8.56. The molecule has 5 heteroatoms. The summed E-state index contributed by atoms with van der Waals surface area (Å²) in [7, 11) is 0. The van der Waals surface area contributed by atoms with Gasteiger partial charge in [0.15, 0.2) is 0 Å². The first kappa shape index (κ1) is 16.5. The fourth-order valence-corrected chi connectivity index (χ4v) is 2.97. The van der Waals surface area contributed by atoms with Crippen LogP contribution in [0.4, 0.5) is 0 Å². The minimum atomic E-state index is 0.